The molecule has 0 spiro atoms. The first-order chi connectivity index (χ1) is 24.8. The van der Waals surface area contributed by atoms with Gasteiger partial charge >= 0.3 is 0 Å². The number of anilines is 2. The highest BCUT2D eigenvalue weighted by molar-refractivity contribution is 6.26. The lowest BCUT2D eigenvalue weighted by molar-refractivity contribution is -0.109. The molecule has 4 heterocycles. The third-order valence-electron chi connectivity index (χ3n) is 11.4. The van der Waals surface area contributed by atoms with Crippen LogP contribution in [0.25, 0.3) is 32.8 Å². The van der Waals surface area contributed by atoms with Gasteiger partial charge in [-0.1, -0.05) is 62.7 Å². The first-order valence-electron chi connectivity index (χ1n) is 18.7. The number of aryl methyl sites for hydroxylation is 1. The van der Waals surface area contributed by atoms with E-state index >= 15 is 0 Å². The first kappa shape index (κ1) is 33.1. The minimum atomic E-state index is -0.300. The minimum Gasteiger partial charge on any atom is -0.371 e. The van der Waals surface area contributed by atoms with Gasteiger partial charge in [-0.25, -0.2) is 0 Å². The summed E-state index contributed by atoms with van der Waals surface area (Å²) in [6, 6.07) is 20.4. The van der Waals surface area contributed by atoms with Crippen LogP contribution in [0, 0.1) is 0 Å². The van der Waals surface area contributed by atoms with Crippen molar-refractivity contribution >= 4 is 51.0 Å². The van der Waals surface area contributed by atoms with Crippen LogP contribution in [-0.4, -0.2) is 70.2 Å². The number of hydrogen-bond donors (Lipinski definition) is 0. The summed E-state index contributed by atoms with van der Waals surface area (Å²) >= 11 is 0. The number of unbranched alkanes of at least 4 members (excludes halogenated alkanes) is 2. The fourth-order valence-electron chi connectivity index (χ4n) is 8.74. The van der Waals surface area contributed by atoms with Gasteiger partial charge in [-0.15, -0.1) is 5.10 Å². The number of nitrogens with zero attached hydrogens (tertiary/aromatic N) is 6. The molecule has 0 radical (unpaired) electrons. The zero-order valence-electron chi connectivity index (χ0n) is 29.9. The van der Waals surface area contributed by atoms with Gasteiger partial charge in [-0.3, -0.25) is 19.2 Å². The maximum atomic E-state index is 13.7. The molecule has 9 nitrogen and oxygen atoms in total. The number of hydrogen-bond acceptors (Lipinski definition) is 7. The molecule has 1 aromatic heterocycles. The van der Waals surface area contributed by atoms with Crippen molar-refractivity contribution in [3.05, 3.63) is 83.6 Å². The summed E-state index contributed by atoms with van der Waals surface area (Å²) in [4.78, 5) is 45.7. The molecule has 9 heteroatoms. The molecular weight excluding hydrogens is 637 g/mol. The minimum absolute atomic E-state index is 0.182. The second kappa shape index (κ2) is 13.2. The molecule has 51 heavy (non-hydrogen) atoms. The van der Waals surface area contributed by atoms with E-state index in [9.17, 15) is 14.4 Å². The Bertz CT molecular complexity index is 2140. The molecule has 1 atom stereocenters. The number of benzene rings is 4. The van der Waals surface area contributed by atoms with Crippen LogP contribution < -0.4 is 9.80 Å². The number of amides is 2. The van der Waals surface area contributed by atoms with Gasteiger partial charge in [0.2, 0.25) is 0 Å². The molecule has 1 unspecified atom stereocenters. The van der Waals surface area contributed by atoms with E-state index < -0.39 is 0 Å². The van der Waals surface area contributed by atoms with E-state index in [-0.39, 0.29) is 23.3 Å². The van der Waals surface area contributed by atoms with Crippen molar-refractivity contribution in [1.82, 2.24) is 19.9 Å². The number of piperidine rings is 1. The first-order valence-corrected chi connectivity index (χ1v) is 18.7. The summed E-state index contributed by atoms with van der Waals surface area (Å²) in [6.07, 6.45) is 10.2. The molecule has 5 aromatic rings. The number of aromatic nitrogens is 3. The largest absolute Gasteiger partial charge is 0.371 e. The molecule has 8 rings (SSSR count). The molecule has 262 valence electrons. The van der Waals surface area contributed by atoms with E-state index in [4.69, 9.17) is 0 Å². The third kappa shape index (κ3) is 5.58. The van der Waals surface area contributed by atoms with Crippen molar-refractivity contribution in [3.63, 3.8) is 0 Å². The summed E-state index contributed by atoms with van der Waals surface area (Å²) in [5, 5.41) is 13.0. The van der Waals surface area contributed by atoms with Gasteiger partial charge < -0.3 is 14.6 Å². The van der Waals surface area contributed by atoms with E-state index in [0.717, 1.165) is 96.8 Å². The lowest BCUT2D eigenvalue weighted by Crippen LogP contribution is -2.43. The molecule has 0 aliphatic carbocycles. The van der Waals surface area contributed by atoms with Crippen LogP contribution in [0.1, 0.15) is 92.0 Å². The fraction of sp³-hybridized carbons (Fsp3) is 0.405. The second-order valence-corrected chi connectivity index (χ2v) is 15.0. The number of rotatable bonds is 11. The zero-order chi connectivity index (χ0) is 35.3. The van der Waals surface area contributed by atoms with Crippen LogP contribution >= 0.6 is 0 Å². The molecule has 0 N–H and O–H groups in total. The van der Waals surface area contributed by atoms with Crippen LogP contribution in [0.5, 0.6) is 0 Å². The predicted octanol–water partition coefficient (Wildman–Crippen LogP) is 7.78. The van der Waals surface area contributed by atoms with Crippen molar-refractivity contribution in [1.29, 1.82) is 0 Å². The highest BCUT2D eigenvalue weighted by atomic mass is 16.2. The molecule has 1 fully saturated rings. The average molecular weight is 683 g/mol. The van der Waals surface area contributed by atoms with E-state index in [1.165, 1.54) is 22.3 Å². The molecule has 1 saturated heterocycles. The highest BCUT2D eigenvalue weighted by Crippen LogP contribution is 2.48. The van der Waals surface area contributed by atoms with Crippen molar-refractivity contribution < 1.29 is 14.4 Å². The topological polar surface area (TPSA) is 91.6 Å². The van der Waals surface area contributed by atoms with Crippen LogP contribution in [0.3, 0.4) is 0 Å². The Morgan fingerprint density at radius 3 is 2.37 bits per heavy atom. The van der Waals surface area contributed by atoms with Gasteiger partial charge in [0.05, 0.1) is 12.2 Å². The molecule has 2 amide bonds. The van der Waals surface area contributed by atoms with E-state index in [1.54, 1.807) is 0 Å². The Hall–Kier alpha value is -5.05. The predicted molar refractivity (Wildman–Crippen MR) is 203 cm³/mol. The number of aldehydes is 1. The molecule has 0 bridgehead atoms. The van der Waals surface area contributed by atoms with Crippen molar-refractivity contribution in [2.45, 2.75) is 83.7 Å². The maximum Gasteiger partial charge on any atom is 0.261 e. The highest BCUT2D eigenvalue weighted by Gasteiger charge is 2.45. The van der Waals surface area contributed by atoms with Crippen LogP contribution in [-0.2, 0) is 16.8 Å². The van der Waals surface area contributed by atoms with Crippen molar-refractivity contribution in [3.8, 4) is 11.3 Å². The second-order valence-electron chi connectivity index (χ2n) is 15.0. The summed E-state index contributed by atoms with van der Waals surface area (Å²) in [5.41, 5.74) is 6.22. The summed E-state index contributed by atoms with van der Waals surface area (Å²) in [7, 11) is 0. The third-order valence-corrected chi connectivity index (χ3v) is 11.4. The maximum absolute atomic E-state index is 13.7. The normalized spacial score (nSPS) is 18.3. The molecule has 4 aromatic carbocycles. The summed E-state index contributed by atoms with van der Waals surface area (Å²) in [5.74, 6) is -0.421. The average Bonchev–Trinajstić information content (AvgIpc) is 3.71. The fourth-order valence-corrected chi connectivity index (χ4v) is 8.74. The Morgan fingerprint density at radius 2 is 1.59 bits per heavy atom. The van der Waals surface area contributed by atoms with Crippen LogP contribution in [0.4, 0.5) is 11.4 Å². The monoisotopic (exact) mass is 682 g/mol. The lowest BCUT2D eigenvalue weighted by atomic mass is 9.78. The smallest absolute Gasteiger partial charge is 0.261 e. The number of fused-ring (bicyclic) bond motifs is 3. The van der Waals surface area contributed by atoms with Gasteiger partial charge in [-0.2, -0.15) is 0 Å². The number of carbonyl (C=O) groups is 3. The standard InChI is InChI=1S/C42H46N6O3/c1-4-5-23-47-36-18-15-28-25-29(14-16-30(28)39(36)42(2,3)37(47)27-49)34-26-46(44-43-34)22-9-10-24-48-40(50)32-13-11-12-31-35(45-20-7-6-8-21-45)19-17-33(38(31)32)41(48)51/h11-19,25-27,37H,4-10,20-24H2,1-3H3. The van der Waals surface area contributed by atoms with Crippen molar-refractivity contribution in [2.75, 3.05) is 36.0 Å². The van der Waals surface area contributed by atoms with E-state index in [1.807, 2.05) is 35.1 Å². The summed E-state index contributed by atoms with van der Waals surface area (Å²) in [6.45, 7) is 10.4. The van der Waals surface area contributed by atoms with Gasteiger partial charge in [0.1, 0.15) is 12.0 Å². The van der Waals surface area contributed by atoms with Crippen LogP contribution in [0.15, 0.2) is 66.9 Å². The number of carbonyl (C=O) groups excluding carboxylic acids is 3. The summed E-state index contributed by atoms with van der Waals surface area (Å²) < 4.78 is 1.84. The molecule has 3 aliphatic rings. The van der Waals surface area contributed by atoms with E-state index in [0.29, 0.717) is 30.6 Å². The SMILES string of the molecule is CCCCN1c2ccc3cc(-c4cn(CCCCN5C(=O)c6cccc7c(N8CCCCC8)ccc(c67)C5=O)nn4)ccc3c2C(C)(C)C1C=O. The van der Waals surface area contributed by atoms with Gasteiger partial charge in [-0.05, 0) is 85.2 Å². The quantitative estimate of drug-likeness (QED) is 0.0798. The lowest BCUT2D eigenvalue weighted by Gasteiger charge is -2.32. The zero-order valence-corrected chi connectivity index (χ0v) is 29.9. The Morgan fingerprint density at radius 1 is 0.824 bits per heavy atom. The Labute approximate surface area is 299 Å². The van der Waals surface area contributed by atoms with Crippen LogP contribution in [0.2, 0.25) is 0 Å². The Balaban J connectivity index is 0.940. The molecular formula is C42H46N6O3. The molecule has 3 aliphatic heterocycles. The number of imide groups is 1. The van der Waals surface area contributed by atoms with Gasteiger partial charge in [0.15, 0.2) is 0 Å². The van der Waals surface area contributed by atoms with Gasteiger partial charge in [0.25, 0.3) is 11.8 Å². The molecule has 0 saturated carbocycles. The van der Waals surface area contributed by atoms with Gasteiger partial charge in [0, 0.05) is 77.0 Å². The van der Waals surface area contributed by atoms with E-state index in [2.05, 4.69) is 77.3 Å². The van der Waals surface area contributed by atoms with Crippen molar-refractivity contribution in [2.24, 2.45) is 0 Å². The Kier molecular flexibility index (Phi) is 8.60.